The largest absolute Gasteiger partial charge is 0.405 e. The minimum Gasteiger partial charge on any atom is -0.405 e. The zero-order valence-electron chi connectivity index (χ0n) is 5.02. The van der Waals surface area contributed by atoms with Gasteiger partial charge in [-0.1, -0.05) is 12.2 Å². The lowest BCUT2D eigenvalue weighted by Gasteiger charge is -1.53. The van der Waals surface area contributed by atoms with Gasteiger partial charge in [0.25, 0.3) is 0 Å². The van der Waals surface area contributed by atoms with Crippen molar-refractivity contribution < 1.29 is 0 Å². The van der Waals surface area contributed by atoms with E-state index in [0.717, 1.165) is 0 Å². The summed E-state index contributed by atoms with van der Waals surface area (Å²) >= 11 is 0. The number of hydrogen-bond acceptors (Lipinski definition) is 1. The normalized spacial score (nSPS) is 7.14. The number of hydrogen-bond donors (Lipinski definition) is 1. The lowest BCUT2D eigenvalue weighted by atomic mass is 10.7. The Bertz CT molecular complexity index is 42.1. The molecule has 0 amide bonds. The molecule has 1 heteroatoms. The summed E-state index contributed by atoms with van der Waals surface area (Å²) in [6, 6.07) is 0. The first-order valence-electron chi connectivity index (χ1n) is 2.23. The van der Waals surface area contributed by atoms with Crippen molar-refractivity contribution in [2.75, 3.05) is 0 Å². The second kappa shape index (κ2) is 18.6. The van der Waals surface area contributed by atoms with Crippen molar-refractivity contribution in [3.05, 3.63) is 24.9 Å². The maximum absolute atomic E-state index is 4.85. The first-order chi connectivity index (χ1) is 3.33. The van der Waals surface area contributed by atoms with Crippen molar-refractivity contribution in [2.45, 2.75) is 13.8 Å². The molecule has 0 spiro atoms. The van der Waals surface area contributed by atoms with Gasteiger partial charge in [0.1, 0.15) is 0 Å². The Morgan fingerprint density at radius 1 is 1.43 bits per heavy atom. The smallest absolute Gasteiger partial charge is 0.0106 e. The SMILES string of the molecule is C/C=C/N.C=CC. The van der Waals surface area contributed by atoms with E-state index >= 15 is 0 Å². The van der Waals surface area contributed by atoms with E-state index in [1.54, 1.807) is 12.2 Å². The van der Waals surface area contributed by atoms with E-state index in [4.69, 9.17) is 5.73 Å². The van der Waals surface area contributed by atoms with Crippen LogP contribution in [0.4, 0.5) is 0 Å². The number of allylic oxidation sites excluding steroid dienone is 2. The van der Waals surface area contributed by atoms with Gasteiger partial charge in [-0.15, -0.1) is 6.58 Å². The maximum Gasteiger partial charge on any atom is -0.0106 e. The fourth-order valence-electron chi connectivity index (χ4n) is 0. The van der Waals surface area contributed by atoms with Crippen LogP contribution in [0.5, 0.6) is 0 Å². The Kier molecular flexibility index (Phi) is 25.4. The van der Waals surface area contributed by atoms with Gasteiger partial charge in [0.15, 0.2) is 0 Å². The van der Waals surface area contributed by atoms with Gasteiger partial charge >= 0.3 is 0 Å². The molecule has 42 valence electrons. The molecule has 7 heavy (non-hydrogen) atoms. The average Bonchev–Trinajstić information content (AvgIpc) is 1.69. The molecule has 0 saturated carbocycles. The highest BCUT2D eigenvalue weighted by molar-refractivity contribution is 4.66. The van der Waals surface area contributed by atoms with E-state index in [2.05, 4.69) is 6.58 Å². The van der Waals surface area contributed by atoms with Crippen LogP contribution in [0.3, 0.4) is 0 Å². The standard InChI is InChI=1S/C3H7N.C3H6/c1-2-3-4;1-3-2/h2-3H,4H2,1H3;3H,1H2,2H3/b3-2+;. The van der Waals surface area contributed by atoms with Crippen LogP contribution in [-0.4, -0.2) is 0 Å². The van der Waals surface area contributed by atoms with E-state index in [1.807, 2.05) is 13.8 Å². The molecule has 0 aromatic carbocycles. The summed E-state index contributed by atoms with van der Waals surface area (Å²) in [5.41, 5.74) is 4.85. The first kappa shape index (κ1) is 9.56. The van der Waals surface area contributed by atoms with Gasteiger partial charge in [-0.2, -0.15) is 0 Å². The summed E-state index contributed by atoms with van der Waals surface area (Å²) in [5.74, 6) is 0. The molecule has 0 rings (SSSR count). The highest BCUT2D eigenvalue weighted by Crippen LogP contribution is 1.47. The fraction of sp³-hybridized carbons (Fsp3) is 0.333. The van der Waals surface area contributed by atoms with E-state index in [-0.39, 0.29) is 0 Å². The highest BCUT2D eigenvalue weighted by Gasteiger charge is 1.32. The van der Waals surface area contributed by atoms with Crippen LogP contribution in [0.1, 0.15) is 13.8 Å². The van der Waals surface area contributed by atoms with Crippen LogP contribution >= 0.6 is 0 Å². The van der Waals surface area contributed by atoms with Gasteiger partial charge in [0.05, 0.1) is 0 Å². The molecule has 0 aromatic heterocycles. The highest BCUT2D eigenvalue weighted by atomic mass is 14.5. The lowest BCUT2D eigenvalue weighted by molar-refractivity contribution is 1.55. The van der Waals surface area contributed by atoms with E-state index in [0.29, 0.717) is 0 Å². The molecule has 0 aliphatic rings. The van der Waals surface area contributed by atoms with Crippen LogP contribution < -0.4 is 5.73 Å². The molecule has 0 heterocycles. The van der Waals surface area contributed by atoms with Crippen molar-refractivity contribution in [1.82, 2.24) is 0 Å². The van der Waals surface area contributed by atoms with Crippen LogP contribution in [0.25, 0.3) is 0 Å². The van der Waals surface area contributed by atoms with Gasteiger partial charge in [-0.3, -0.25) is 0 Å². The quantitative estimate of drug-likeness (QED) is 0.459. The molecular weight excluding hydrogens is 86.1 g/mol. The summed E-state index contributed by atoms with van der Waals surface area (Å²) in [7, 11) is 0. The Hall–Kier alpha value is -0.720. The fourth-order valence-corrected chi connectivity index (χ4v) is 0. The van der Waals surface area contributed by atoms with Gasteiger partial charge in [0, 0.05) is 0 Å². The molecule has 0 saturated heterocycles. The third-order valence-electron chi connectivity index (χ3n) is 0.192. The summed E-state index contributed by atoms with van der Waals surface area (Å²) in [6.45, 7) is 7.12. The Labute approximate surface area is 45.5 Å². The first-order valence-corrected chi connectivity index (χ1v) is 2.23. The Balaban J connectivity index is 0. The van der Waals surface area contributed by atoms with Crippen molar-refractivity contribution in [1.29, 1.82) is 0 Å². The summed E-state index contributed by atoms with van der Waals surface area (Å²) in [6.07, 6.45) is 5.03. The van der Waals surface area contributed by atoms with Crippen LogP contribution in [0, 0.1) is 0 Å². The molecular formula is C6H13N. The molecule has 2 N–H and O–H groups in total. The van der Waals surface area contributed by atoms with Crippen molar-refractivity contribution in [2.24, 2.45) is 5.73 Å². The molecule has 0 unspecified atom stereocenters. The average molecular weight is 99.2 g/mol. The predicted octanol–water partition coefficient (Wildman–Crippen LogP) is 1.67. The topological polar surface area (TPSA) is 26.0 Å². The molecule has 0 aromatic rings. The van der Waals surface area contributed by atoms with Crippen LogP contribution in [0.2, 0.25) is 0 Å². The third-order valence-corrected chi connectivity index (χ3v) is 0.192. The number of nitrogens with two attached hydrogens (primary N) is 1. The Morgan fingerprint density at radius 3 is 1.57 bits per heavy atom. The number of rotatable bonds is 0. The van der Waals surface area contributed by atoms with Crippen molar-refractivity contribution in [3.63, 3.8) is 0 Å². The minimum atomic E-state index is 1.50. The molecule has 1 nitrogen and oxygen atoms in total. The molecule has 0 fully saturated rings. The molecule has 0 bridgehead atoms. The summed E-state index contributed by atoms with van der Waals surface area (Å²) in [5, 5.41) is 0. The molecule has 0 aliphatic heterocycles. The lowest BCUT2D eigenvalue weighted by Crippen LogP contribution is -1.70. The third kappa shape index (κ3) is 725. The van der Waals surface area contributed by atoms with Gasteiger partial charge in [-0.25, -0.2) is 0 Å². The molecule has 0 radical (unpaired) electrons. The van der Waals surface area contributed by atoms with Gasteiger partial charge < -0.3 is 5.73 Å². The summed E-state index contributed by atoms with van der Waals surface area (Å²) < 4.78 is 0. The van der Waals surface area contributed by atoms with Crippen molar-refractivity contribution >= 4 is 0 Å². The summed E-state index contributed by atoms with van der Waals surface area (Å²) in [4.78, 5) is 0. The van der Waals surface area contributed by atoms with Gasteiger partial charge in [0.2, 0.25) is 0 Å². The monoisotopic (exact) mass is 99.1 g/mol. The zero-order valence-corrected chi connectivity index (χ0v) is 5.02. The van der Waals surface area contributed by atoms with Crippen molar-refractivity contribution in [3.8, 4) is 0 Å². The molecule has 0 atom stereocenters. The Morgan fingerprint density at radius 2 is 1.57 bits per heavy atom. The maximum atomic E-state index is 4.85. The predicted molar refractivity (Wildman–Crippen MR) is 34.9 cm³/mol. The zero-order chi connectivity index (χ0) is 6.12. The minimum absolute atomic E-state index is 1.50. The van der Waals surface area contributed by atoms with E-state index < -0.39 is 0 Å². The van der Waals surface area contributed by atoms with E-state index in [9.17, 15) is 0 Å². The van der Waals surface area contributed by atoms with Crippen LogP contribution in [0.15, 0.2) is 24.9 Å². The molecule has 0 aliphatic carbocycles. The second-order valence-electron chi connectivity index (χ2n) is 0.934. The van der Waals surface area contributed by atoms with E-state index in [1.165, 1.54) is 6.20 Å². The van der Waals surface area contributed by atoms with Crippen LogP contribution in [-0.2, 0) is 0 Å². The second-order valence-corrected chi connectivity index (χ2v) is 0.934. The van der Waals surface area contributed by atoms with Gasteiger partial charge in [-0.05, 0) is 20.0 Å².